The van der Waals surface area contributed by atoms with E-state index in [1.54, 1.807) is 4.90 Å². The molecule has 3 N–H and O–H groups in total. The first-order valence-electron chi connectivity index (χ1n) is 8.91. The molecule has 1 saturated heterocycles. The number of likely N-dealkylation sites (tertiary alicyclic amines) is 1. The minimum Gasteiger partial charge on any atom is -0.490 e. The number of benzene rings is 1. The Hall–Kier alpha value is -2.08. The molecule has 1 fully saturated rings. The monoisotopic (exact) mass is 347 g/mol. The molecule has 6 nitrogen and oxygen atoms in total. The number of carbonyl (C=O) groups excluding carboxylic acids is 2. The lowest BCUT2D eigenvalue weighted by Crippen LogP contribution is -2.49. The predicted molar refractivity (Wildman–Crippen MR) is 97.2 cm³/mol. The molecule has 1 aromatic carbocycles. The van der Waals surface area contributed by atoms with Gasteiger partial charge in [0.15, 0.2) is 0 Å². The number of hydrogen-bond acceptors (Lipinski definition) is 4. The van der Waals surface area contributed by atoms with Gasteiger partial charge in [-0.05, 0) is 25.0 Å². The van der Waals surface area contributed by atoms with E-state index >= 15 is 0 Å². The van der Waals surface area contributed by atoms with Crippen LogP contribution in [-0.2, 0) is 9.59 Å². The Bertz CT molecular complexity index is 578. The molecule has 0 bridgehead atoms. The van der Waals surface area contributed by atoms with Crippen molar-refractivity contribution in [1.82, 2.24) is 10.2 Å². The normalized spacial score (nSPS) is 16.6. The zero-order valence-electron chi connectivity index (χ0n) is 15.3. The number of nitrogens with two attached hydrogens (primary N) is 1. The average Bonchev–Trinajstić information content (AvgIpc) is 2.61. The highest BCUT2D eigenvalue weighted by Gasteiger charge is 2.25. The summed E-state index contributed by atoms with van der Waals surface area (Å²) in [6.07, 6.45) is 1.70. The zero-order chi connectivity index (χ0) is 18.4. The van der Waals surface area contributed by atoms with Crippen LogP contribution in [0.15, 0.2) is 24.3 Å². The molecule has 2 amide bonds. The number of piperidine rings is 1. The van der Waals surface area contributed by atoms with Crippen LogP contribution in [0.25, 0.3) is 0 Å². The Kier molecular flexibility index (Phi) is 6.82. The first-order chi connectivity index (χ1) is 11.9. The molecule has 1 heterocycles. The molecule has 0 aromatic heterocycles. The number of rotatable bonds is 6. The first-order valence-corrected chi connectivity index (χ1v) is 8.91. The Morgan fingerprint density at radius 1 is 1.24 bits per heavy atom. The molecule has 25 heavy (non-hydrogen) atoms. The number of amides is 2. The quantitative estimate of drug-likeness (QED) is 0.816. The Morgan fingerprint density at radius 3 is 2.40 bits per heavy atom. The minimum atomic E-state index is -0.582. The molecule has 0 radical (unpaired) electrons. The van der Waals surface area contributed by atoms with E-state index in [9.17, 15) is 9.59 Å². The van der Waals surface area contributed by atoms with E-state index in [1.165, 1.54) is 5.56 Å². The summed E-state index contributed by atoms with van der Waals surface area (Å²) in [5, 5.41) is 2.63. The molecular weight excluding hydrogens is 318 g/mol. The number of ether oxygens (including phenoxy) is 1. The number of aryl methyl sites for hydroxylation is 1. The van der Waals surface area contributed by atoms with Gasteiger partial charge in [-0.1, -0.05) is 31.5 Å². The van der Waals surface area contributed by atoms with Crippen LogP contribution in [0.1, 0.15) is 32.3 Å². The van der Waals surface area contributed by atoms with Crippen LogP contribution in [0.5, 0.6) is 5.75 Å². The van der Waals surface area contributed by atoms with Crippen molar-refractivity contribution in [3.8, 4) is 5.75 Å². The molecule has 1 aromatic rings. The van der Waals surface area contributed by atoms with E-state index in [4.69, 9.17) is 10.5 Å². The van der Waals surface area contributed by atoms with Gasteiger partial charge in [0.2, 0.25) is 11.8 Å². The highest BCUT2D eigenvalue weighted by atomic mass is 16.5. The molecule has 1 aliphatic heterocycles. The van der Waals surface area contributed by atoms with Gasteiger partial charge < -0.3 is 20.7 Å². The molecule has 6 heteroatoms. The summed E-state index contributed by atoms with van der Waals surface area (Å²) in [7, 11) is 0. The molecule has 138 valence electrons. The topological polar surface area (TPSA) is 84.7 Å². The lowest BCUT2D eigenvalue weighted by atomic mass is 10.1. The van der Waals surface area contributed by atoms with E-state index in [2.05, 4.69) is 5.32 Å². The fourth-order valence-corrected chi connectivity index (χ4v) is 2.73. The van der Waals surface area contributed by atoms with E-state index in [0.717, 1.165) is 18.6 Å². The van der Waals surface area contributed by atoms with Gasteiger partial charge in [-0.15, -0.1) is 0 Å². The number of hydrogen-bond donors (Lipinski definition) is 2. The van der Waals surface area contributed by atoms with Crippen molar-refractivity contribution in [3.63, 3.8) is 0 Å². The van der Waals surface area contributed by atoms with E-state index < -0.39 is 6.04 Å². The Labute approximate surface area is 149 Å². The van der Waals surface area contributed by atoms with E-state index in [-0.39, 0.29) is 30.4 Å². The lowest BCUT2D eigenvalue weighted by molar-refractivity contribution is -0.134. The highest BCUT2D eigenvalue weighted by molar-refractivity contribution is 5.87. The first kappa shape index (κ1) is 19.2. The predicted octanol–water partition coefficient (Wildman–Crippen LogP) is 1.46. The number of nitrogens with one attached hydrogen (secondary N) is 1. The van der Waals surface area contributed by atoms with Crippen molar-refractivity contribution in [3.05, 3.63) is 29.8 Å². The molecule has 0 unspecified atom stereocenters. The van der Waals surface area contributed by atoms with Gasteiger partial charge in [-0.25, -0.2) is 0 Å². The van der Waals surface area contributed by atoms with Gasteiger partial charge in [0.1, 0.15) is 11.9 Å². The van der Waals surface area contributed by atoms with Gasteiger partial charge in [0, 0.05) is 25.9 Å². The smallest absolute Gasteiger partial charge is 0.241 e. The third-order valence-electron chi connectivity index (χ3n) is 4.55. The average molecular weight is 347 g/mol. The molecular formula is C19H29N3O3. The van der Waals surface area contributed by atoms with Crippen LogP contribution in [0, 0.1) is 12.8 Å². The molecule has 2 rings (SSSR count). The van der Waals surface area contributed by atoms with Crippen LogP contribution in [0.4, 0.5) is 0 Å². The molecule has 0 spiro atoms. The summed E-state index contributed by atoms with van der Waals surface area (Å²) in [5.74, 6) is 0.564. The maximum absolute atomic E-state index is 12.2. The van der Waals surface area contributed by atoms with Gasteiger partial charge in [0.05, 0.1) is 12.6 Å². The largest absolute Gasteiger partial charge is 0.490 e. The fourth-order valence-electron chi connectivity index (χ4n) is 2.73. The fraction of sp³-hybridized carbons (Fsp3) is 0.579. The van der Waals surface area contributed by atoms with E-state index in [1.807, 2.05) is 45.0 Å². The van der Waals surface area contributed by atoms with Gasteiger partial charge >= 0.3 is 0 Å². The summed E-state index contributed by atoms with van der Waals surface area (Å²) < 4.78 is 5.97. The van der Waals surface area contributed by atoms with Crippen LogP contribution < -0.4 is 15.8 Å². The van der Waals surface area contributed by atoms with Crippen molar-refractivity contribution in [2.75, 3.05) is 19.6 Å². The Morgan fingerprint density at radius 2 is 1.84 bits per heavy atom. The van der Waals surface area contributed by atoms with Crippen molar-refractivity contribution in [2.24, 2.45) is 11.7 Å². The van der Waals surface area contributed by atoms with Crippen LogP contribution in [0.3, 0.4) is 0 Å². The number of carbonyl (C=O) groups is 2. The van der Waals surface area contributed by atoms with Gasteiger partial charge in [0.25, 0.3) is 0 Å². The van der Waals surface area contributed by atoms with Crippen LogP contribution in [-0.4, -0.2) is 48.5 Å². The van der Waals surface area contributed by atoms with Crippen molar-refractivity contribution >= 4 is 11.8 Å². The second kappa shape index (κ2) is 8.85. The zero-order valence-corrected chi connectivity index (χ0v) is 15.3. The standard InChI is InChI=1S/C19H29N3O3/c1-13(2)18(20)19(24)21-12-17(23)22-10-8-16(9-11-22)25-15-6-4-14(3)5-7-15/h4-7,13,16,18H,8-12,20H2,1-3H3,(H,21,24)/t18-/m0/s1. The minimum absolute atomic E-state index is 0.00272. The van der Waals surface area contributed by atoms with Crippen molar-refractivity contribution < 1.29 is 14.3 Å². The van der Waals surface area contributed by atoms with E-state index in [0.29, 0.717) is 13.1 Å². The van der Waals surface area contributed by atoms with Crippen LogP contribution >= 0.6 is 0 Å². The summed E-state index contributed by atoms with van der Waals surface area (Å²) in [5.41, 5.74) is 6.97. The van der Waals surface area contributed by atoms with Crippen molar-refractivity contribution in [2.45, 2.75) is 45.8 Å². The maximum atomic E-state index is 12.2. The van der Waals surface area contributed by atoms with Gasteiger partial charge in [-0.3, -0.25) is 9.59 Å². The number of nitrogens with zero attached hydrogens (tertiary/aromatic N) is 1. The lowest BCUT2D eigenvalue weighted by Gasteiger charge is -2.32. The van der Waals surface area contributed by atoms with Crippen molar-refractivity contribution in [1.29, 1.82) is 0 Å². The molecule has 1 atom stereocenters. The summed E-state index contributed by atoms with van der Waals surface area (Å²) in [6.45, 7) is 7.09. The second-order valence-corrected chi connectivity index (χ2v) is 7.00. The molecule has 0 aliphatic carbocycles. The Balaban J connectivity index is 1.73. The SMILES string of the molecule is Cc1ccc(OC2CCN(C(=O)CNC(=O)[C@@H](N)C(C)C)CC2)cc1. The summed E-state index contributed by atoms with van der Waals surface area (Å²) in [4.78, 5) is 25.8. The summed E-state index contributed by atoms with van der Waals surface area (Å²) in [6, 6.07) is 7.42. The second-order valence-electron chi connectivity index (χ2n) is 7.00. The molecule has 1 aliphatic rings. The third-order valence-corrected chi connectivity index (χ3v) is 4.55. The maximum Gasteiger partial charge on any atom is 0.241 e. The van der Waals surface area contributed by atoms with Gasteiger partial charge in [-0.2, -0.15) is 0 Å². The molecule has 0 saturated carbocycles. The highest BCUT2D eigenvalue weighted by Crippen LogP contribution is 2.19. The summed E-state index contributed by atoms with van der Waals surface area (Å²) >= 11 is 0. The van der Waals surface area contributed by atoms with Crippen LogP contribution in [0.2, 0.25) is 0 Å². The third kappa shape index (κ3) is 5.74.